The second-order valence-corrected chi connectivity index (χ2v) is 6.94. The van der Waals surface area contributed by atoms with Crippen LogP contribution in [0.2, 0.25) is 0 Å². The summed E-state index contributed by atoms with van der Waals surface area (Å²) < 4.78 is 16.3. The molecule has 0 saturated heterocycles. The van der Waals surface area contributed by atoms with Crippen molar-refractivity contribution in [2.45, 2.75) is 58.4 Å². The first-order valence-electron chi connectivity index (χ1n) is 10.2. The van der Waals surface area contributed by atoms with E-state index in [4.69, 9.17) is 14.2 Å². The molecule has 1 aliphatic rings. The van der Waals surface area contributed by atoms with Gasteiger partial charge in [-0.2, -0.15) is 0 Å². The number of hydrogen-bond donors (Lipinski definition) is 2. The Kier molecular flexibility index (Phi) is 9.27. The van der Waals surface area contributed by atoms with Crippen molar-refractivity contribution in [2.75, 3.05) is 19.8 Å². The Labute approximate surface area is 171 Å². The van der Waals surface area contributed by atoms with Gasteiger partial charge in [0.1, 0.15) is 0 Å². The lowest BCUT2D eigenvalue weighted by atomic mass is 10.2. The molecule has 1 fully saturated rings. The first-order valence-corrected chi connectivity index (χ1v) is 10.2. The van der Waals surface area contributed by atoms with Crippen molar-refractivity contribution in [1.29, 1.82) is 0 Å². The van der Waals surface area contributed by atoms with Gasteiger partial charge in [0, 0.05) is 6.04 Å². The Morgan fingerprint density at radius 3 is 2.31 bits per heavy atom. The summed E-state index contributed by atoms with van der Waals surface area (Å²) in [7, 11) is 0. The quantitative estimate of drug-likeness (QED) is 0.579. The number of hydrogen-bond acceptors (Lipinski definition) is 6. The molecular weight excluding hydrogens is 376 g/mol. The molecule has 0 bridgehead atoms. The fourth-order valence-electron chi connectivity index (χ4n) is 2.96. The van der Waals surface area contributed by atoms with Crippen LogP contribution in [0.25, 0.3) is 0 Å². The number of carbonyl (C=O) groups excluding carboxylic acids is 3. The van der Waals surface area contributed by atoms with Crippen molar-refractivity contribution in [3.63, 3.8) is 0 Å². The highest BCUT2D eigenvalue weighted by Crippen LogP contribution is 2.29. The van der Waals surface area contributed by atoms with Gasteiger partial charge in [-0.1, -0.05) is 26.7 Å². The van der Waals surface area contributed by atoms with Crippen molar-refractivity contribution < 1.29 is 28.6 Å². The van der Waals surface area contributed by atoms with E-state index in [0.717, 1.165) is 38.5 Å². The third kappa shape index (κ3) is 7.63. The van der Waals surface area contributed by atoms with Crippen LogP contribution >= 0.6 is 0 Å². The van der Waals surface area contributed by atoms with Crippen LogP contribution in [-0.2, 0) is 9.53 Å². The van der Waals surface area contributed by atoms with E-state index in [1.165, 1.54) is 6.07 Å². The van der Waals surface area contributed by atoms with Gasteiger partial charge in [-0.25, -0.2) is 9.59 Å². The van der Waals surface area contributed by atoms with Crippen molar-refractivity contribution in [1.82, 2.24) is 10.6 Å². The number of rotatable bonds is 10. The maximum Gasteiger partial charge on any atom is 0.338 e. The van der Waals surface area contributed by atoms with Gasteiger partial charge in [0.2, 0.25) is 0 Å². The van der Waals surface area contributed by atoms with Crippen LogP contribution in [0, 0.1) is 0 Å². The van der Waals surface area contributed by atoms with E-state index < -0.39 is 24.5 Å². The molecule has 2 N–H and O–H groups in total. The number of benzene rings is 1. The molecule has 3 amide bonds. The van der Waals surface area contributed by atoms with Crippen LogP contribution in [0.5, 0.6) is 11.5 Å². The molecule has 0 unspecified atom stereocenters. The molecular formula is C21H30N2O6. The minimum atomic E-state index is -0.681. The monoisotopic (exact) mass is 406 g/mol. The Morgan fingerprint density at radius 1 is 1.00 bits per heavy atom. The van der Waals surface area contributed by atoms with Gasteiger partial charge in [0.15, 0.2) is 18.1 Å². The van der Waals surface area contributed by atoms with Crippen molar-refractivity contribution in [2.24, 2.45) is 0 Å². The standard InChI is InChI=1S/C21H30N2O6/c1-3-11-27-17-10-9-15(13-18(17)28-12-4-2)20(25)29-14-19(24)23-21(26)22-16-7-5-6-8-16/h9-10,13,16H,3-8,11-12,14H2,1-2H3,(H2,22,23,24,26). The summed E-state index contributed by atoms with van der Waals surface area (Å²) in [6.45, 7) is 4.45. The number of nitrogens with one attached hydrogen (secondary N) is 2. The lowest BCUT2D eigenvalue weighted by Crippen LogP contribution is -2.44. The second-order valence-electron chi connectivity index (χ2n) is 6.94. The zero-order valence-electron chi connectivity index (χ0n) is 17.1. The molecule has 0 spiro atoms. The average Bonchev–Trinajstić information content (AvgIpc) is 3.21. The highest BCUT2D eigenvalue weighted by Gasteiger charge is 2.19. The number of carbonyl (C=O) groups is 3. The maximum absolute atomic E-state index is 12.3. The number of imide groups is 1. The summed E-state index contributed by atoms with van der Waals surface area (Å²) in [5.74, 6) is -0.354. The van der Waals surface area contributed by atoms with Crippen LogP contribution < -0.4 is 20.1 Å². The summed E-state index contributed by atoms with van der Waals surface area (Å²) in [4.78, 5) is 35.9. The fourth-order valence-corrected chi connectivity index (χ4v) is 2.96. The van der Waals surface area contributed by atoms with Gasteiger partial charge in [-0.3, -0.25) is 10.1 Å². The maximum atomic E-state index is 12.3. The Hall–Kier alpha value is -2.77. The lowest BCUT2D eigenvalue weighted by Gasteiger charge is -2.14. The van der Waals surface area contributed by atoms with Gasteiger partial charge in [-0.15, -0.1) is 0 Å². The highest BCUT2D eigenvalue weighted by atomic mass is 16.5. The van der Waals surface area contributed by atoms with Gasteiger partial charge >= 0.3 is 12.0 Å². The molecule has 1 aromatic carbocycles. The van der Waals surface area contributed by atoms with E-state index in [2.05, 4.69) is 10.6 Å². The fraction of sp³-hybridized carbons (Fsp3) is 0.571. The topological polar surface area (TPSA) is 103 Å². The van der Waals surface area contributed by atoms with Gasteiger partial charge in [0.05, 0.1) is 18.8 Å². The summed E-state index contributed by atoms with van der Waals surface area (Å²) in [5, 5.41) is 4.91. The number of urea groups is 1. The molecule has 1 aliphatic carbocycles. The largest absolute Gasteiger partial charge is 0.490 e. The van der Waals surface area contributed by atoms with E-state index in [-0.39, 0.29) is 11.6 Å². The lowest BCUT2D eigenvalue weighted by molar-refractivity contribution is -0.123. The SMILES string of the molecule is CCCOc1ccc(C(=O)OCC(=O)NC(=O)NC2CCCC2)cc1OCCC. The van der Waals surface area contributed by atoms with Crippen molar-refractivity contribution in [3.05, 3.63) is 23.8 Å². The number of amides is 3. The van der Waals surface area contributed by atoms with Crippen LogP contribution in [0.1, 0.15) is 62.7 Å². The number of ether oxygens (including phenoxy) is 3. The smallest absolute Gasteiger partial charge is 0.338 e. The molecule has 1 aromatic rings. The molecule has 160 valence electrons. The predicted octanol–water partition coefficient (Wildman–Crippen LogP) is 3.19. The molecule has 8 nitrogen and oxygen atoms in total. The van der Waals surface area contributed by atoms with Crippen LogP contribution in [-0.4, -0.2) is 43.8 Å². The van der Waals surface area contributed by atoms with E-state index in [1.807, 2.05) is 13.8 Å². The third-order valence-corrected chi connectivity index (χ3v) is 4.38. The Bertz CT molecular complexity index is 700. The zero-order chi connectivity index (χ0) is 21.1. The minimum Gasteiger partial charge on any atom is -0.490 e. The molecule has 1 saturated carbocycles. The summed E-state index contributed by atoms with van der Waals surface area (Å²) in [6.07, 6.45) is 5.63. The minimum absolute atomic E-state index is 0.0975. The van der Waals surface area contributed by atoms with E-state index in [9.17, 15) is 14.4 Å². The van der Waals surface area contributed by atoms with E-state index >= 15 is 0 Å². The second kappa shape index (κ2) is 11.9. The molecule has 0 atom stereocenters. The van der Waals surface area contributed by atoms with Crippen LogP contribution in [0.3, 0.4) is 0 Å². The summed E-state index contributed by atoms with van der Waals surface area (Å²) in [5.41, 5.74) is 0.239. The Balaban J connectivity index is 1.86. The van der Waals surface area contributed by atoms with Crippen LogP contribution in [0.15, 0.2) is 18.2 Å². The molecule has 2 rings (SSSR count). The Morgan fingerprint density at radius 2 is 1.66 bits per heavy atom. The zero-order valence-corrected chi connectivity index (χ0v) is 17.1. The average molecular weight is 406 g/mol. The van der Waals surface area contributed by atoms with Gasteiger partial charge in [0.25, 0.3) is 5.91 Å². The van der Waals surface area contributed by atoms with E-state index in [1.54, 1.807) is 12.1 Å². The van der Waals surface area contributed by atoms with Crippen LogP contribution in [0.4, 0.5) is 4.79 Å². The van der Waals surface area contributed by atoms with Crippen molar-refractivity contribution in [3.8, 4) is 11.5 Å². The molecule has 0 aliphatic heterocycles. The van der Waals surface area contributed by atoms with Gasteiger partial charge in [-0.05, 0) is 43.9 Å². The third-order valence-electron chi connectivity index (χ3n) is 4.38. The molecule has 8 heteroatoms. The highest BCUT2D eigenvalue weighted by molar-refractivity contribution is 5.97. The van der Waals surface area contributed by atoms with Gasteiger partial charge < -0.3 is 19.5 Å². The van der Waals surface area contributed by atoms with E-state index in [0.29, 0.717) is 24.7 Å². The molecule has 29 heavy (non-hydrogen) atoms. The predicted molar refractivity (Wildman–Crippen MR) is 107 cm³/mol. The first kappa shape index (κ1) is 22.5. The molecule has 0 radical (unpaired) electrons. The summed E-state index contributed by atoms with van der Waals surface area (Å²) >= 11 is 0. The van der Waals surface area contributed by atoms with Crippen molar-refractivity contribution >= 4 is 17.9 Å². The first-order chi connectivity index (χ1) is 14.0. The normalized spacial score (nSPS) is 13.6. The molecule has 0 heterocycles. The number of esters is 1. The summed E-state index contributed by atoms with van der Waals surface area (Å²) in [6, 6.07) is 4.27. The molecule has 0 aromatic heterocycles.